The van der Waals surface area contributed by atoms with Gasteiger partial charge in [-0.1, -0.05) is 42.3 Å². The smallest absolute Gasteiger partial charge is 0.127 e. The molecule has 20 heavy (non-hydrogen) atoms. The van der Waals surface area contributed by atoms with E-state index in [0.717, 1.165) is 28.0 Å². The normalized spacial score (nSPS) is 22.9. The maximum absolute atomic E-state index is 6.29. The number of fused-ring (bicyclic) bond motifs is 1. The van der Waals surface area contributed by atoms with Gasteiger partial charge in [-0.3, -0.25) is 0 Å². The predicted octanol–water partition coefficient (Wildman–Crippen LogP) is 4.39. The molecule has 0 bridgehead atoms. The summed E-state index contributed by atoms with van der Waals surface area (Å²) in [6, 6.07) is 12.0. The Morgan fingerprint density at radius 1 is 1.05 bits per heavy atom. The molecule has 2 unspecified atom stereocenters. The molecule has 2 aromatic carbocycles. The fourth-order valence-corrected chi connectivity index (χ4v) is 3.33. The minimum absolute atomic E-state index is 0.235. The quantitative estimate of drug-likeness (QED) is 0.909. The van der Waals surface area contributed by atoms with Crippen molar-refractivity contribution in [2.45, 2.75) is 31.8 Å². The summed E-state index contributed by atoms with van der Waals surface area (Å²) in [6.07, 6.45) is 5.00. The third-order valence-corrected chi connectivity index (χ3v) is 4.58. The second kappa shape index (κ2) is 6.02. The molecule has 2 nitrogen and oxygen atoms in total. The summed E-state index contributed by atoms with van der Waals surface area (Å²) < 4.78 is 6.29. The maximum atomic E-state index is 6.29. The standard InChI is InChI=1S/C17H20ClNO/c18-15-9-10-17(14-7-3-2-6-13(14)15)20-16-8-4-1-5-12(16)11-19/h2-3,6-7,9-10,12,16H,1,4-5,8,11,19H2. The van der Waals surface area contributed by atoms with Crippen molar-refractivity contribution in [2.75, 3.05) is 6.54 Å². The number of hydrogen-bond acceptors (Lipinski definition) is 2. The van der Waals surface area contributed by atoms with Gasteiger partial charge in [0, 0.05) is 21.7 Å². The van der Waals surface area contributed by atoms with E-state index in [1.165, 1.54) is 19.3 Å². The van der Waals surface area contributed by atoms with E-state index in [0.29, 0.717) is 12.5 Å². The molecule has 1 aliphatic rings. The van der Waals surface area contributed by atoms with Gasteiger partial charge in [0.1, 0.15) is 11.9 Å². The predicted molar refractivity (Wildman–Crippen MR) is 84.4 cm³/mol. The number of rotatable bonds is 3. The molecule has 2 atom stereocenters. The molecule has 0 spiro atoms. The van der Waals surface area contributed by atoms with Gasteiger partial charge < -0.3 is 10.5 Å². The summed E-state index contributed by atoms with van der Waals surface area (Å²) in [6.45, 7) is 0.705. The Labute approximate surface area is 124 Å². The van der Waals surface area contributed by atoms with Crippen molar-refractivity contribution >= 4 is 22.4 Å². The van der Waals surface area contributed by atoms with Crippen molar-refractivity contribution < 1.29 is 4.74 Å². The lowest BCUT2D eigenvalue weighted by Gasteiger charge is -2.31. The van der Waals surface area contributed by atoms with E-state index in [9.17, 15) is 0 Å². The number of nitrogens with two attached hydrogens (primary N) is 1. The molecular weight excluding hydrogens is 270 g/mol. The largest absolute Gasteiger partial charge is 0.489 e. The summed E-state index contributed by atoms with van der Waals surface area (Å²) in [5, 5.41) is 2.90. The highest BCUT2D eigenvalue weighted by molar-refractivity contribution is 6.35. The van der Waals surface area contributed by atoms with Gasteiger partial charge in [0.25, 0.3) is 0 Å². The lowest BCUT2D eigenvalue weighted by Crippen LogP contribution is -2.35. The van der Waals surface area contributed by atoms with Crippen LogP contribution in [0.2, 0.25) is 5.02 Å². The molecule has 1 saturated carbocycles. The number of halogens is 1. The number of hydrogen-bond donors (Lipinski definition) is 1. The second-order valence-corrected chi connectivity index (χ2v) is 5.93. The van der Waals surface area contributed by atoms with Crippen molar-refractivity contribution in [1.82, 2.24) is 0 Å². The Hall–Kier alpha value is -1.25. The van der Waals surface area contributed by atoms with Crippen molar-refractivity contribution in [3.63, 3.8) is 0 Å². The van der Waals surface area contributed by atoms with E-state index in [4.69, 9.17) is 22.1 Å². The molecule has 0 aliphatic heterocycles. The average Bonchev–Trinajstić information content (AvgIpc) is 2.51. The van der Waals surface area contributed by atoms with Crippen LogP contribution < -0.4 is 10.5 Å². The van der Waals surface area contributed by atoms with Crippen molar-refractivity contribution in [1.29, 1.82) is 0 Å². The monoisotopic (exact) mass is 289 g/mol. The van der Waals surface area contributed by atoms with E-state index >= 15 is 0 Å². The van der Waals surface area contributed by atoms with Crippen LogP contribution in [0.4, 0.5) is 0 Å². The van der Waals surface area contributed by atoms with Crippen LogP contribution in [-0.4, -0.2) is 12.6 Å². The van der Waals surface area contributed by atoms with Crippen LogP contribution in [-0.2, 0) is 0 Å². The molecular formula is C17H20ClNO. The molecule has 0 aromatic heterocycles. The van der Waals surface area contributed by atoms with Gasteiger partial charge in [-0.15, -0.1) is 0 Å². The summed E-state index contributed by atoms with van der Waals surface area (Å²) in [4.78, 5) is 0. The van der Waals surface area contributed by atoms with Crippen LogP contribution in [0.1, 0.15) is 25.7 Å². The highest BCUT2D eigenvalue weighted by Crippen LogP contribution is 2.34. The van der Waals surface area contributed by atoms with Crippen molar-refractivity contribution in [2.24, 2.45) is 11.7 Å². The highest BCUT2D eigenvalue weighted by atomic mass is 35.5. The SMILES string of the molecule is NCC1CCCCC1Oc1ccc(Cl)c2ccccc12. The first-order valence-electron chi connectivity index (χ1n) is 7.33. The van der Waals surface area contributed by atoms with Gasteiger partial charge in [-0.2, -0.15) is 0 Å². The van der Waals surface area contributed by atoms with Crippen molar-refractivity contribution in [3.05, 3.63) is 41.4 Å². The van der Waals surface area contributed by atoms with Crippen LogP contribution in [0.25, 0.3) is 10.8 Å². The molecule has 0 heterocycles. The van der Waals surface area contributed by atoms with Gasteiger partial charge in [-0.05, 0) is 37.9 Å². The van der Waals surface area contributed by atoms with Crippen LogP contribution in [0.3, 0.4) is 0 Å². The Bertz CT molecular complexity index is 599. The molecule has 106 valence electrons. The molecule has 2 N–H and O–H groups in total. The van der Waals surface area contributed by atoms with E-state index < -0.39 is 0 Å². The van der Waals surface area contributed by atoms with Gasteiger partial charge in [0.2, 0.25) is 0 Å². The summed E-state index contributed by atoms with van der Waals surface area (Å²) in [7, 11) is 0. The zero-order valence-electron chi connectivity index (χ0n) is 11.5. The Kier molecular flexibility index (Phi) is 4.13. The fraction of sp³-hybridized carbons (Fsp3) is 0.412. The van der Waals surface area contributed by atoms with Crippen LogP contribution in [0, 0.1) is 5.92 Å². The molecule has 1 aliphatic carbocycles. The average molecular weight is 290 g/mol. The summed E-state index contributed by atoms with van der Waals surface area (Å²) in [5.41, 5.74) is 5.88. The molecule has 1 fully saturated rings. The molecule has 0 amide bonds. The van der Waals surface area contributed by atoms with E-state index in [1.807, 2.05) is 30.3 Å². The van der Waals surface area contributed by atoms with Crippen molar-refractivity contribution in [3.8, 4) is 5.75 Å². The minimum Gasteiger partial charge on any atom is -0.489 e. The first kappa shape index (κ1) is 13.7. The third-order valence-electron chi connectivity index (χ3n) is 4.25. The lowest BCUT2D eigenvalue weighted by molar-refractivity contribution is 0.0986. The first-order chi connectivity index (χ1) is 9.79. The third kappa shape index (κ3) is 2.63. The maximum Gasteiger partial charge on any atom is 0.127 e. The zero-order chi connectivity index (χ0) is 13.9. The van der Waals surface area contributed by atoms with Gasteiger partial charge in [0.15, 0.2) is 0 Å². The van der Waals surface area contributed by atoms with E-state index in [1.54, 1.807) is 0 Å². The van der Waals surface area contributed by atoms with Crippen LogP contribution in [0.5, 0.6) is 5.75 Å². The fourth-order valence-electron chi connectivity index (χ4n) is 3.10. The molecule has 3 rings (SSSR count). The lowest BCUT2D eigenvalue weighted by atomic mass is 9.86. The molecule has 0 saturated heterocycles. The Morgan fingerprint density at radius 3 is 2.60 bits per heavy atom. The van der Waals surface area contributed by atoms with Gasteiger partial charge in [-0.25, -0.2) is 0 Å². The number of ether oxygens (including phenoxy) is 1. The van der Waals surface area contributed by atoms with E-state index in [-0.39, 0.29) is 6.10 Å². The topological polar surface area (TPSA) is 35.2 Å². The molecule has 3 heteroatoms. The zero-order valence-corrected chi connectivity index (χ0v) is 12.3. The molecule has 2 aromatic rings. The Morgan fingerprint density at radius 2 is 1.80 bits per heavy atom. The highest BCUT2D eigenvalue weighted by Gasteiger charge is 2.26. The van der Waals surface area contributed by atoms with E-state index in [2.05, 4.69) is 6.07 Å². The van der Waals surface area contributed by atoms with Crippen LogP contribution >= 0.6 is 11.6 Å². The molecule has 0 radical (unpaired) electrons. The summed E-state index contributed by atoms with van der Waals surface area (Å²) in [5.74, 6) is 1.40. The van der Waals surface area contributed by atoms with Gasteiger partial charge in [0.05, 0.1) is 0 Å². The first-order valence-corrected chi connectivity index (χ1v) is 7.71. The minimum atomic E-state index is 0.235. The number of benzene rings is 2. The second-order valence-electron chi connectivity index (χ2n) is 5.53. The summed E-state index contributed by atoms with van der Waals surface area (Å²) >= 11 is 6.25. The van der Waals surface area contributed by atoms with Crippen LogP contribution in [0.15, 0.2) is 36.4 Å². The van der Waals surface area contributed by atoms with Gasteiger partial charge >= 0.3 is 0 Å². The Balaban J connectivity index is 1.92.